The van der Waals surface area contributed by atoms with Crippen LogP contribution in [-0.2, 0) is 6.42 Å². The molecule has 0 spiro atoms. The SMILES string of the molecule is CCC(C)(C(Cc1ccc(I)cc1)NN)N1CCCC1. The van der Waals surface area contributed by atoms with Crippen LogP contribution in [0.4, 0.5) is 0 Å². The number of rotatable bonds is 6. The van der Waals surface area contributed by atoms with Crippen molar-refractivity contribution in [2.45, 2.75) is 51.1 Å². The highest BCUT2D eigenvalue weighted by atomic mass is 127. The Morgan fingerprint density at radius 3 is 2.40 bits per heavy atom. The molecule has 0 aliphatic carbocycles. The van der Waals surface area contributed by atoms with Gasteiger partial charge < -0.3 is 0 Å². The minimum absolute atomic E-state index is 0.133. The van der Waals surface area contributed by atoms with Gasteiger partial charge in [-0.25, -0.2) is 0 Å². The van der Waals surface area contributed by atoms with E-state index in [1.165, 1.54) is 35.1 Å². The maximum atomic E-state index is 5.90. The molecule has 0 aromatic heterocycles. The third-order valence-electron chi connectivity index (χ3n) is 4.85. The molecule has 0 bridgehead atoms. The second-order valence-corrected chi connectivity index (χ2v) is 7.20. The standard InChI is InChI=1S/C16H26IN3/c1-3-16(2,20-10-4-5-11-20)15(19-18)12-13-6-8-14(17)9-7-13/h6-9,15,19H,3-5,10-12,18H2,1-2H3. The summed E-state index contributed by atoms with van der Waals surface area (Å²) in [5.41, 5.74) is 4.58. The fourth-order valence-electron chi connectivity index (χ4n) is 3.23. The molecule has 20 heavy (non-hydrogen) atoms. The van der Waals surface area contributed by atoms with Crippen LogP contribution in [0.1, 0.15) is 38.7 Å². The van der Waals surface area contributed by atoms with Crippen LogP contribution in [0.5, 0.6) is 0 Å². The first-order valence-electron chi connectivity index (χ1n) is 7.55. The van der Waals surface area contributed by atoms with Gasteiger partial charge in [0.15, 0.2) is 0 Å². The number of halogens is 1. The molecule has 1 fully saturated rings. The maximum absolute atomic E-state index is 5.90. The summed E-state index contributed by atoms with van der Waals surface area (Å²) in [6, 6.07) is 9.05. The van der Waals surface area contributed by atoms with Crippen molar-refractivity contribution in [3.8, 4) is 0 Å². The number of nitrogens with one attached hydrogen (secondary N) is 1. The van der Waals surface area contributed by atoms with Gasteiger partial charge in [0, 0.05) is 15.2 Å². The Bertz CT molecular complexity index is 414. The number of nitrogens with zero attached hydrogens (tertiary/aromatic N) is 1. The minimum Gasteiger partial charge on any atom is -0.296 e. The highest BCUT2D eigenvalue weighted by molar-refractivity contribution is 14.1. The van der Waals surface area contributed by atoms with Gasteiger partial charge in [0.05, 0.1) is 0 Å². The summed E-state index contributed by atoms with van der Waals surface area (Å²) in [5.74, 6) is 5.90. The average Bonchev–Trinajstić information content (AvgIpc) is 3.00. The number of likely N-dealkylation sites (tertiary alicyclic amines) is 1. The van der Waals surface area contributed by atoms with Crippen LogP contribution in [0.25, 0.3) is 0 Å². The lowest BCUT2D eigenvalue weighted by atomic mass is 9.84. The second kappa shape index (κ2) is 7.20. The predicted octanol–water partition coefficient (Wildman–Crippen LogP) is 2.93. The zero-order valence-corrected chi connectivity index (χ0v) is 14.7. The summed E-state index contributed by atoms with van der Waals surface area (Å²) >= 11 is 2.35. The van der Waals surface area contributed by atoms with Crippen molar-refractivity contribution < 1.29 is 0 Å². The van der Waals surface area contributed by atoms with E-state index in [2.05, 4.69) is 71.0 Å². The summed E-state index contributed by atoms with van der Waals surface area (Å²) in [6.45, 7) is 7.04. The molecule has 0 radical (unpaired) electrons. The molecule has 1 aliphatic rings. The van der Waals surface area contributed by atoms with Crippen LogP contribution in [0.3, 0.4) is 0 Å². The number of nitrogens with two attached hydrogens (primary N) is 1. The average molecular weight is 387 g/mol. The number of hydrazine groups is 1. The largest absolute Gasteiger partial charge is 0.296 e. The molecule has 1 aromatic rings. The van der Waals surface area contributed by atoms with Gasteiger partial charge >= 0.3 is 0 Å². The van der Waals surface area contributed by atoms with Crippen LogP contribution >= 0.6 is 22.6 Å². The van der Waals surface area contributed by atoms with Gasteiger partial charge in [-0.05, 0) is 86.0 Å². The molecular weight excluding hydrogens is 361 g/mol. The fourth-order valence-corrected chi connectivity index (χ4v) is 3.59. The van der Waals surface area contributed by atoms with Crippen LogP contribution in [0.15, 0.2) is 24.3 Å². The first-order chi connectivity index (χ1) is 9.60. The lowest BCUT2D eigenvalue weighted by Gasteiger charge is -2.44. The van der Waals surface area contributed by atoms with Gasteiger partial charge in [0.2, 0.25) is 0 Å². The Morgan fingerprint density at radius 2 is 1.90 bits per heavy atom. The van der Waals surface area contributed by atoms with Crippen LogP contribution in [0, 0.1) is 3.57 Å². The van der Waals surface area contributed by atoms with Crippen molar-refractivity contribution >= 4 is 22.6 Å². The van der Waals surface area contributed by atoms with Crippen LogP contribution < -0.4 is 11.3 Å². The lowest BCUT2D eigenvalue weighted by Crippen LogP contribution is -2.61. The summed E-state index contributed by atoms with van der Waals surface area (Å²) in [4.78, 5) is 2.62. The molecule has 1 heterocycles. The van der Waals surface area contributed by atoms with Gasteiger partial charge in [-0.2, -0.15) is 0 Å². The first-order valence-corrected chi connectivity index (χ1v) is 8.63. The zero-order chi connectivity index (χ0) is 14.6. The van der Waals surface area contributed by atoms with E-state index in [4.69, 9.17) is 5.84 Å². The Morgan fingerprint density at radius 1 is 1.30 bits per heavy atom. The smallest absolute Gasteiger partial charge is 0.0432 e. The molecule has 2 rings (SSSR count). The second-order valence-electron chi connectivity index (χ2n) is 5.95. The van der Waals surface area contributed by atoms with Crippen LogP contribution in [0.2, 0.25) is 0 Å². The molecular formula is C16H26IN3. The summed E-state index contributed by atoms with van der Waals surface area (Å²) in [5, 5.41) is 0. The minimum atomic E-state index is 0.133. The van der Waals surface area contributed by atoms with E-state index in [1.807, 2.05) is 0 Å². The maximum Gasteiger partial charge on any atom is 0.0432 e. The summed E-state index contributed by atoms with van der Waals surface area (Å²) < 4.78 is 1.28. The lowest BCUT2D eigenvalue weighted by molar-refractivity contribution is 0.0841. The predicted molar refractivity (Wildman–Crippen MR) is 93.5 cm³/mol. The van der Waals surface area contributed by atoms with Crippen molar-refractivity contribution in [2.24, 2.45) is 5.84 Å². The van der Waals surface area contributed by atoms with Crippen molar-refractivity contribution in [1.82, 2.24) is 10.3 Å². The molecule has 0 saturated carbocycles. The fraction of sp³-hybridized carbons (Fsp3) is 0.625. The molecule has 3 nitrogen and oxygen atoms in total. The molecule has 1 aromatic carbocycles. The molecule has 0 amide bonds. The quantitative estimate of drug-likeness (QED) is 0.448. The molecule has 112 valence electrons. The van der Waals surface area contributed by atoms with E-state index in [1.54, 1.807) is 0 Å². The van der Waals surface area contributed by atoms with Crippen molar-refractivity contribution in [3.05, 3.63) is 33.4 Å². The molecule has 4 heteroatoms. The van der Waals surface area contributed by atoms with E-state index in [0.29, 0.717) is 0 Å². The van der Waals surface area contributed by atoms with Gasteiger partial charge in [-0.1, -0.05) is 19.1 Å². The van der Waals surface area contributed by atoms with Crippen molar-refractivity contribution in [3.63, 3.8) is 0 Å². The number of benzene rings is 1. The van der Waals surface area contributed by atoms with Gasteiger partial charge in [0.25, 0.3) is 0 Å². The van der Waals surface area contributed by atoms with E-state index in [9.17, 15) is 0 Å². The van der Waals surface area contributed by atoms with Gasteiger partial charge in [0.1, 0.15) is 0 Å². The summed E-state index contributed by atoms with van der Waals surface area (Å²) in [7, 11) is 0. The zero-order valence-electron chi connectivity index (χ0n) is 12.5. The van der Waals surface area contributed by atoms with Crippen molar-refractivity contribution in [2.75, 3.05) is 13.1 Å². The van der Waals surface area contributed by atoms with Crippen LogP contribution in [-0.4, -0.2) is 29.6 Å². The third kappa shape index (κ3) is 3.53. The molecule has 2 unspecified atom stereocenters. The monoisotopic (exact) mass is 387 g/mol. The third-order valence-corrected chi connectivity index (χ3v) is 5.57. The number of hydrogen-bond donors (Lipinski definition) is 2. The molecule has 1 saturated heterocycles. The first kappa shape index (κ1) is 16.2. The Balaban J connectivity index is 2.14. The highest BCUT2D eigenvalue weighted by Crippen LogP contribution is 2.29. The summed E-state index contributed by atoms with van der Waals surface area (Å²) in [6.07, 6.45) is 4.73. The van der Waals surface area contributed by atoms with Gasteiger partial charge in [-0.15, -0.1) is 0 Å². The molecule has 3 N–H and O–H groups in total. The Kier molecular flexibility index (Phi) is 5.84. The van der Waals surface area contributed by atoms with E-state index >= 15 is 0 Å². The topological polar surface area (TPSA) is 41.3 Å². The normalized spacial score (nSPS) is 20.8. The van der Waals surface area contributed by atoms with Gasteiger partial charge in [-0.3, -0.25) is 16.2 Å². The molecule has 1 aliphatic heterocycles. The van der Waals surface area contributed by atoms with E-state index in [0.717, 1.165) is 12.8 Å². The molecule has 2 atom stereocenters. The van der Waals surface area contributed by atoms with Crippen molar-refractivity contribution in [1.29, 1.82) is 0 Å². The Labute approximate surface area is 136 Å². The number of hydrogen-bond acceptors (Lipinski definition) is 3. The highest BCUT2D eigenvalue weighted by Gasteiger charge is 2.38. The van der Waals surface area contributed by atoms with E-state index in [-0.39, 0.29) is 11.6 Å². The van der Waals surface area contributed by atoms with E-state index < -0.39 is 0 Å². The Hall–Kier alpha value is -0.170.